The fourth-order valence-corrected chi connectivity index (χ4v) is 12.8. The lowest BCUT2D eigenvalue weighted by Gasteiger charge is -2.08. The summed E-state index contributed by atoms with van der Waals surface area (Å²) in [6.07, 6.45) is 18.4. The van der Waals surface area contributed by atoms with E-state index in [4.69, 9.17) is 0 Å². The summed E-state index contributed by atoms with van der Waals surface area (Å²) in [6, 6.07) is 3.37. The molecule has 308 valence electrons. The van der Waals surface area contributed by atoms with Gasteiger partial charge in [-0.05, 0) is 80.8 Å². The van der Waals surface area contributed by atoms with Crippen molar-refractivity contribution in [2.45, 2.75) is 129 Å². The van der Waals surface area contributed by atoms with Crippen LogP contribution in [0.15, 0.2) is 19.7 Å². The number of thiophene rings is 2. The maximum absolute atomic E-state index is 16.1. The molecule has 0 amide bonds. The number of unbranched alkanes of at least 4 members (excludes halogenated alkanes) is 14. The second-order valence-corrected chi connectivity index (χ2v) is 23.2. The van der Waals surface area contributed by atoms with Crippen LogP contribution in [0.5, 0.6) is 0 Å². The number of nitrogens with zero attached hydrogens (tertiary/aromatic N) is 2. The Hall–Kier alpha value is -0.920. The summed E-state index contributed by atoms with van der Waals surface area (Å²) in [4.78, 5) is 0.814. The van der Waals surface area contributed by atoms with Crippen LogP contribution in [0.1, 0.15) is 128 Å². The number of aryl methyl sites for hydroxylation is 2. The van der Waals surface area contributed by atoms with Crippen LogP contribution in [-0.2, 0) is 32.9 Å². The van der Waals surface area contributed by atoms with Crippen LogP contribution in [0.25, 0.3) is 31.9 Å². The van der Waals surface area contributed by atoms with Gasteiger partial charge in [-0.3, -0.25) is 0 Å². The summed E-state index contributed by atoms with van der Waals surface area (Å²) in [7, 11) is -7.04. The van der Waals surface area contributed by atoms with Gasteiger partial charge in [-0.2, -0.15) is 8.75 Å². The van der Waals surface area contributed by atoms with Gasteiger partial charge in [0, 0.05) is 22.8 Å². The first-order valence-electron chi connectivity index (χ1n) is 19.5. The van der Waals surface area contributed by atoms with Gasteiger partial charge in [-0.15, -0.1) is 22.7 Å². The Morgan fingerprint density at radius 2 is 0.927 bits per heavy atom. The van der Waals surface area contributed by atoms with Crippen LogP contribution < -0.4 is 9.44 Å². The zero-order valence-electron chi connectivity index (χ0n) is 31.8. The van der Waals surface area contributed by atoms with E-state index in [1.165, 1.54) is 86.9 Å². The third kappa shape index (κ3) is 14.7. The zero-order chi connectivity index (χ0) is 39.8. The van der Waals surface area contributed by atoms with Gasteiger partial charge in [0.15, 0.2) is 11.6 Å². The molecule has 0 bridgehead atoms. The molecule has 0 atom stereocenters. The van der Waals surface area contributed by atoms with Crippen LogP contribution in [0.2, 0.25) is 0 Å². The van der Waals surface area contributed by atoms with Crippen molar-refractivity contribution in [1.29, 1.82) is 0 Å². The highest BCUT2D eigenvalue weighted by Crippen LogP contribution is 2.46. The number of fused-ring (bicyclic) bond motifs is 1. The Morgan fingerprint density at radius 1 is 0.582 bits per heavy atom. The summed E-state index contributed by atoms with van der Waals surface area (Å²) in [5.41, 5.74) is 1.71. The third-order valence-electron chi connectivity index (χ3n) is 9.59. The Bertz CT molecular complexity index is 1880. The van der Waals surface area contributed by atoms with Gasteiger partial charge in [0.05, 0.1) is 41.9 Å². The first-order chi connectivity index (χ1) is 26.4. The second kappa shape index (κ2) is 23.6. The van der Waals surface area contributed by atoms with E-state index in [1.807, 2.05) is 0 Å². The zero-order valence-corrected chi connectivity index (χ0v) is 39.0. The fraction of sp³-hybridized carbons (Fsp3) is 0.632. The fourth-order valence-electron chi connectivity index (χ4n) is 6.40. The molecule has 0 saturated carbocycles. The molecule has 2 N–H and O–H groups in total. The minimum atomic E-state index is -3.52. The molecule has 0 aliphatic rings. The average Bonchev–Trinajstić information content (AvgIpc) is 3.87. The summed E-state index contributed by atoms with van der Waals surface area (Å²) >= 11 is 10.2. The first kappa shape index (κ1) is 46.8. The highest BCUT2D eigenvalue weighted by atomic mass is 79.9. The lowest BCUT2D eigenvalue weighted by atomic mass is 10.0. The predicted molar refractivity (Wildman–Crippen MR) is 236 cm³/mol. The summed E-state index contributed by atoms with van der Waals surface area (Å²) in [5.74, 6) is -2.41. The molecule has 0 saturated heterocycles. The van der Waals surface area contributed by atoms with Crippen molar-refractivity contribution in [2.75, 3.05) is 24.6 Å². The molecule has 0 radical (unpaired) electrons. The van der Waals surface area contributed by atoms with E-state index in [2.05, 4.69) is 63.9 Å². The number of sulfonamides is 2. The van der Waals surface area contributed by atoms with Crippen molar-refractivity contribution in [3.63, 3.8) is 0 Å². The van der Waals surface area contributed by atoms with E-state index in [-0.39, 0.29) is 46.5 Å². The van der Waals surface area contributed by atoms with Crippen LogP contribution in [0, 0.1) is 11.6 Å². The molecule has 0 aliphatic heterocycles. The Morgan fingerprint density at radius 3 is 1.29 bits per heavy atom. The van der Waals surface area contributed by atoms with Gasteiger partial charge < -0.3 is 0 Å². The van der Waals surface area contributed by atoms with Crippen molar-refractivity contribution in [3.05, 3.63) is 42.5 Å². The van der Waals surface area contributed by atoms with Crippen LogP contribution >= 0.6 is 66.3 Å². The average molecular weight is 989 g/mol. The van der Waals surface area contributed by atoms with Crippen LogP contribution in [0.4, 0.5) is 8.78 Å². The quantitative estimate of drug-likeness (QED) is 0.0547. The van der Waals surface area contributed by atoms with Crippen molar-refractivity contribution >= 4 is 97.3 Å². The lowest BCUT2D eigenvalue weighted by Crippen LogP contribution is -2.28. The SMILES string of the molecule is CCCCCCCCCCNS(=O)(=O)CCc1cc(-c2c(F)c(F)c(-c3cc(CCS(=O)(=O)NCCCCCCCCCC)c(Br)s3)c3nsnc23)sc1Br. The number of benzene rings is 1. The third-order valence-corrected chi connectivity index (χ3v) is 16.8. The Labute approximate surface area is 355 Å². The Kier molecular flexibility index (Phi) is 20.1. The summed E-state index contributed by atoms with van der Waals surface area (Å²) in [5, 5.41) is 0. The molecule has 4 rings (SSSR count). The molecule has 3 heterocycles. The van der Waals surface area contributed by atoms with E-state index < -0.39 is 31.7 Å². The molecule has 55 heavy (non-hydrogen) atoms. The smallest absolute Gasteiger partial charge is 0.211 e. The number of nitrogens with one attached hydrogen (secondary N) is 2. The van der Waals surface area contributed by atoms with Gasteiger partial charge in [0.1, 0.15) is 11.0 Å². The monoisotopic (exact) mass is 986 g/mol. The molecule has 0 unspecified atom stereocenters. The van der Waals surface area contributed by atoms with Crippen LogP contribution in [-0.4, -0.2) is 50.2 Å². The minimum Gasteiger partial charge on any atom is -0.215 e. The number of hydrogen-bond acceptors (Lipinski definition) is 9. The molecular formula is C38H54Br2F2N4O4S5. The highest BCUT2D eigenvalue weighted by molar-refractivity contribution is 9.11. The van der Waals surface area contributed by atoms with E-state index in [0.717, 1.165) is 50.3 Å². The number of aromatic nitrogens is 2. The molecule has 0 fully saturated rings. The van der Waals surface area contributed by atoms with E-state index >= 15 is 8.78 Å². The van der Waals surface area contributed by atoms with Crippen molar-refractivity contribution in [3.8, 4) is 20.9 Å². The largest absolute Gasteiger partial charge is 0.215 e. The first-order valence-corrected chi connectivity index (χ1v) is 26.8. The molecule has 8 nitrogen and oxygen atoms in total. The molecule has 4 aromatic rings. The van der Waals surface area contributed by atoms with Crippen LogP contribution in [0.3, 0.4) is 0 Å². The molecule has 3 aromatic heterocycles. The van der Waals surface area contributed by atoms with Gasteiger partial charge in [-0.1, -0.05) is 104 Å². The summed E-state index contributed by atoms with van der Waals surface area (Å²) < 4.78 is 98.5. The van der Waals surface area contributed by atoms with Gasteiger partial charge in [-0.25, -0.2) is 35.1 Å². The lowest BCUT2D eigenvalue weighted by molar-refractivity contribution is 0.516. The van der Waals surface area contributed by atoms with E-state index in [1.54, 1.807) is 12.1 Å². The minimum absolute atomic E-state index is 0.0258. The maximum atomic E-state index is 16.1. The second-order valence-electron chi connectivity index (χ2n) is 14.0. The molecule has 0 aliphatic carbocycles. The number of halogens is 4. The number of rotatable bonds is 28. The number of hydrogen-bond donors (Lipinski definition) is 2. The Balaban J connectivity index is 1.37. The van der Waals surface area contributed by atoms with Crippen molar-refractivity contribution in [1.82, 2.24) is 18.2 Å². The van der Waals surface area contributed by atoms with E-state index in [0.29, 0.717) is 41.5 Å². The van der Waals surface area contributed by atoms with Gasteiger partial charge in [0.2, 0.25) is 20.0 Å². The molecule has 17 heteroatoms. The maximum Gasteiger partial charge on any atom is 0.211 e. The normalized spacial score (nSPS) is 12.4. The van der Waals surface area contributed by atoms with Gasteiger partial charge in [0.25, 0.3) is 0 Å². The van der Waals surface area contributed by atoms with Crippen molar-refractivity contribution in [2.24, 2.45) is 0 Å². The van der Waals surface area contributed by atoms with Gasteiger partial charge >= 0.3 is 0 Å². The topological polar surface area (TPSA) is 118 Å². The molecular weight excluding hydrogens is 935 g/mol. The predicted octanol–water partition coefficient (Wildman–Crippen LogP) is 12.2. The highest BCUT2D eigenvalue weighted by Gasteiger charge is 2.28. The molecule has 1 aromatic carbocycles. The van der Waals surface area contributed by atoms with E-state index in [9.17, 15) is 16.8 Å². The standard InChI is InChI=1S/C38H54Br2F2N4O4S5/c1-3-5-7-9-11-13-15-17-21-43-54(47,48)23-19-27-25-29(51-37(27)39)31-33(41)34(42)32(36-35(31)45-53-46-36)30-26-28(38(40)52-30)20-24-55(49,50)44-22-18-16-14-12-10-8-6-4-2/h25-26,43-44H,3-24H2,1-2H3. The van der Waals surface area contributed by atoms with Crippen molar-refractivity contribution < 1.29 is 25.6 Å². The molecule has 0 spiro atoms. The summed E-state index contributed by atoms with van der Waals surface area (Å²) in [6.45, 7) is 5.19.